The largest absolute Gasteiger partial charge is 0.464 e. The smallest absolute Gasteiger partial charge is 0.133 e. The van der Waals surface area contributed by atoms with Crippen LogP contribution in [0.3, 0.4) is 0 Å². The monoisotopic (exact) mass is 394 g/mol. The van der Waals surface area contributed by atoms with E-state index >= 15 is 0 Å². The van der Waals surface area contributed by atoms with Gasteiger partial charge in [0.25, 0.3) is 0 Å². The summed E-state index contributed by atoms with van der Waals surface area (Å²) in [6, 6.07) is 37.3. The van der Waals surface area contributed by atoms with Gasteiger partial charge in [0.05, 0.1) is 6.26 Å². The Morgan fingerprint density at radius 3 is 1.97 bits per heavy atom. The average Bonchev–Trinajstić information content (AvgIpc) is 3.31. The van der Waals surface area contributed by atoms with Crippen molar-refractivity contribution in [1.29, 1.82) is 0 Å². The summed E-state index contributed by atoms with van der Waals surface area (Å²) in [5, 5.41) is 9.08. The lowest BCUT2D eigenvalue weighted by atomic mass is 9.89. The van der Waals surface area contributed by atoms with Gasteiger partial charge in [0, 0.05) is 5.39 Å². The van der Waals surface area contributed by atoms with E-state index in [0.717, 1.165) is 11.0 Å². The summed E-state index contributed by atoms with van der Waals surface area (Å²) in [7, 11) is 0. The third-order valence-corrected chi connectivity index (χ3v) is 6.51. The Morgan fingerprint density at radius 2 is 1.13 bits per heavy atom. The summed E-state index contributed by atoms with van der Waals surface area (Å²) >= 11 is 0. The number of hydrogen-bond acceptors (Lipinski definition) is 1. The van der Waals surface area contributed by atoms with Crippen molar-refractivity contribution in [2.24, 2.45) is 0 Å². The summed E-state index contributed by atoms with van der Waals surface area (Å²) in [5.74, 6) is 0. The Kier molecular flexibility index (Phi) is 3.33. The number of benzene rings is 6. The van der Waals surface area contributed by atoms with Gasteiger partial charge < -0.3 is 4.42 Å². The highest BCUT2D eigenvalue weighted by Crippen LogP contribution is 2.39. The van der Waals surface area contributed by atoms with Crippen LogP contribution in [0.5, 0.6) is 0 Å². The van der Waals surface area contributed by atoms with E-state index in [4.69, 9.17) is 4.42 Å². The molecule has 0 saturated heterocycles. The zero-order chi connectivity index (χ0) is 20.4. The summed E-state index contributed by atoms with van der Waals surface area (Å²) < 4.78 is 5.48. The zero-order valence-electron chi connectivity index (χ0n) is 16.8. The highest BCUT2D eigenvalue weighted by atomic mass is 16.3. The van der Waals surface area contributed by atoms with Gasteiger partial charge in [-0.05, 0) is 72.8 Å². The summed E-state index contributed by atoms with van der Waals surface area (Å²) in [6.07, 6.45) is 1.74. The van der Waals surface area contributed by atoms with E-state index < -0.39 is 0 Å². The fourth-order valence-corrected chi connectivity index (χ4v) is 4.98. The molecule has 144 valence electrons. The van der Waals surface area contributed by atoms with Crippen LogP contribution in [-0.4, -0.2) is 0 Å². The molecule has 0 aliphatic heterocycles. The van der Waals surface area contributed by atoms with E-state index in [2.05, 4.69) is 91.0 Å². The van der Waals surface area contributed by atoms with Gasteiger partial charge in [-0.2, -0.15) is 0 Å². The SMILES string of the molecule is c1cc2ccc3ccc(-c4ccc(-c5ccc6occc6c5)cc4)c4ccc(c1)c2c34. The molecule has 0 atom stereocenters. The molecule has 7 aromatic rings. The lowest BCUT2D eigenvalue weighted by Crippen LogP contribution is -1.87. The Hall–Kier alpha value is -4.10. The van der Waals surface area contributed by atoms with Crippen molar-refractivity contribution in [3.63, 3.8) is 0 Å². The van der Waals surface area contributed by atoms with Gasteiger partial charge in [-0.25, -0.2) is 0 Å². The molecule has 6 aromatic carbocycles. The molecule has 0 amide bonds. The summed E-state index contributed by atoms with van der Waals surface area (Å²) in [5.41, 5.74) is 5.86. The number of hydrogen-bond donors (Lipinski definition) is 0. The van der Waals surface area contributed by atoms with Crippen LogP contribution in [0, 0.1) is 0 Å². The van der Waals surface area contributed by atoms with Crippen molar-refractivity contribution in [2.75, 3.05) is 0 Å². The molecular weight excluding hydrogens is 376 g/mol. The molecule has 1 nitrogen and oxygen atoms in total. The second kappa shape index (κ2) is 6.20. The van der Waals surface area contributed by atoms with E-state index in [9.17, 15) is 0 Å². The van der Waals surface area contributed by atoms with Crippen molar-refractivity contribution in [3.05, 3.63) is 109 Å². The molecule has 1 heteroatoms. The minimum atomic E-state index is 0.925. The van der Waals surface area contributed by atoms with Crippen LogP contribution in [0.2, 0.25) is 0 Å². The zero-order valence-corrected chi connectivity index (χ0v) is 16.8. The van der Waals surface area contributed by atoms with Crippen LogP contribution >= 0.6 is 0 Å². The number of rotatable bonds is 2. The maximum Gasteiger partial charge on any atom is 0.133 e. The van der Waals surface area contributed by atoms with Crippen molar-refractivity contribution in [3.8, 4) is 22.3 Å². The maximum atomic E-state index is 5.48. The number of furan rings is 1. The predicted octanol–water partition coefficient (Wildman–Crippen LogP) is 8.66. The van der Waals surface area contributed by atoms with E-state index in [1.54, 1.807) is 6.26 Å². The van der Waals surface area contributed by atoms with Gasteiger partial charge in [0.2, 0.25) is 0 Å². The molecule has 0 bridgehead atoms. The van der Waals surface area contributed by atoms with Crippen molar-refractivity contribution in [2.45, 2.75) is 0 Å². The van der Waals surface area contributed by atoms with Gasteiger partial charge in [0.1, 0.15) is 5.58 Å². The van der Waals surface area contributed by atoms with Gasteiger partial charge in [0.15, 0.2) is 0 Å². The Morgan fingerprint density at radius 1 is 0.452 bits per heavy atom. The molecule has 0 N–H and O–H groups in total. The van der Waals surface area contributed by atoms with Crippen LogP contribution in [-0.2, 0) is 0 Å². The van der Waals surface area contributed by atoms with Crippen LogP contribution in [0.1, 0.15) is 0 Å². The fourth-order valence-electron chi connectivity index (χ4n) is 4.98. The topological polar surface area (TPSA) is 13.1 Å². The van der Waals surface area contributed by atoms with Gasteiger partial charge in [-0.3, -0.25) is 0 Å². The van der Waals surface area contributed by atoms with E-state index in [1.807, 2.05) is 12.1 Å². The molecule has 1 aromatic heterocycles. The van der Waals surface area contributed by atoms with Crippen molar-refractivity contribution >= 4 is 43.3 Å². The molecule has 0 radical (unpaired) electrons. The Balaban J connectivity index is 1.40. The lowest BCUT2D eigenvalue weighted by Gasteiger charge is -2.14. The third kappa shape index (κ3) is 2.44. The first kappa shape index (κ1) is 16.7. The fraction of sp³-hybridized carbons (Fsp3) is 0. The molecule has 7 rings (SSSR count). The van der Waals surface area contributed by atoms with Crippen LogP contribution in [0.15, 0.2) is 114 Å². The quantitative estimate of drug-likeness (QED) is 0.267. The van der Waals surface area contributed by atoms with Crippen LogP contribution in [0.25, 0.3) is 65.5 Å². The van der Waals surface area contributed by atoms with E-state index in [1.165, 1.54) is 54.6 Å². The van der Waals surface area contributed by atoms with Crippen LogP contribution < -0.4 is 0 Å². The molecule has 1 heterocycles. The maximum absolute atomic E-state index is 5.48. The molecule has 0 unspecified atom stereocenters. The molecule has 0 spiro atoms. The van der Waals surface area contributed by atoms with E-state index in [0.29, 0.717) is 0 Å². The molecule has 0 aliphatic rings. The van der Waals surface area contributed by atoms with Gasteiger partial charge >= 0.3 is 0 Å². The molecular formula is C30H18O. The van der Waals surface area contributed by atoms with Crippen LogP contribution in [0.4, 0.5) is 0 Å². The second-order valence-corrected chi connectivity index (χ2v) is 8.22. The molecule has 31 heavy (non-hydrogen) atoms. The average molecular weight is 394 g/mol. The first-order valence-electron chi connectivity index (χ1n) is 10.6. The molecule has 0 aliphatic carbocycles. The minimum absolute atomic E-state index is 0.925. The first-order chi connectivity index (χ1) is 15.3. The summed E-state index contributed by atoms with van der Waals surface area (Å²) in [4.78, 5) is 0. The van der Waals surface area contributed by atoms with Gasteiger partial charge in [-0.15, -0.1) is 0 Å². The number of fused-ring (bicyclic) bond motifs is 1. The van der Waals surface area contributed by atoms with E-state index in [-0.39, 0.29) is 0 Å². The van der Waals surface area contributed by atoms with Gasteiger partial charge in [-0.1, -0.05) is 84.9 Å². The highest BCUT2D eigenvalue weighted by Gasteiger charge is 2.12. The lowest BCUT2D eigenvalue weighted by molar-refractivity contribution is 0.616. The second-order valence-electron chi connectivity index (χ2n) is 8.22. The minimum Gasteiger partial charge on any atom is -0.464 e. The first-order valence-corrected chi connectivity index (χ1v) is 10.6. The van der Waals surface area contributed by atoms with Crippen molar-refractivity contribution < 1.29 is 4.42 Å². The Bertz CT molecular complexity index is 1700. The molecule has 0 saturated carbocycles. The Labute approximate surface area is 179 Å². The summed E-state index contributed by atoms with van der Waals surface area (Å²) in [6.45, 7) is 0. The normalized spacial score (nSPS) is 11.9. The van der Waals surface area contributed by atoms with Crippen molar-refractivity contribution in [1.82, 2.24) is 0 Å². The predicted molar refractivity (Wildman–Crippen MR) is 131 cm³/mol. The standard InChI is InChI=1S/C30H18O/c1-2-21-8-9-23-10-13-26(27-14-11-22(3-1)29(21)30(23)27)20-6-4-19(5-7-20)24-12-15-28-25(18-24)16-17-31-28/h1-18H. The highest BCUT2D eigenvalue weighted by molar-refractivity contribution is 6.25. The third-order valence-electron chi connectivity index (χ3n) is 6.51. The molecule has 0 fully saturated rings.